The van der Waals surface area contributed by atoms with E-state index in [9.17, 15) is 0 Å². The highest BCUT2D eigenvalue weighted by molar-refractivity contribution is 5.78. The molecule has 0 amide bonds. The van der Waals surface area contributed by atoms with E-state index in [1.54, 1.807) is 0 Å². The van der Waals surface area contributed by atoms with Gasteiger partial charge in [0, 0.05) is 29.5 Å². The largest absolute Gasteiger partial charge is 0.282 e. The van der Waals surface area contributed by atoms with Gasteiger partial charge in [0.25, 0.3) is 0 Å². The number of rotatable bonds is 1. The molecule has 0 spiro atoms. The van der Waals surface area contributed by atoms with Gasteiger partial charge in [-0.05, 0) is 29.8 Å². The molecule has 3 heteroatoms. The minimum atomic E-state index is 0.0584. The van der Waals surface area contributed by atoms with E-state index in [1.165, 1.54) is 5.56 Å². The molecular formula is C21H15N3. The molecule has 3 aromatic rings. The molecule has 0 saturated heterocycles. The molecule has 1 aliphatic heterocycles. The van der Waals surface area contributed by atoms with Crippen LogP contribution < -0.4 is 0 Å². The molecule has 2 aromatic heterocycles. The highest BCUT2D eigenvalue weighted by Gasteiger charge is 2.34. The minimum Gasteiger partial charge on any atom is -0.282 e. The second-order valence-corrected chi connectivity index (χ2v) is 6.09. The van der Waals surface area contributed by atoms with Gasteiger partial charge in [-0.2, -0.15) is 0 Å². The van der Waals surface area contributed by atoms with Gasteiger partial charge in [-0.15, -0.1) is 0 Å². The maximum absolute atomic E-state index is 4.99. The molecule has 0 N–H and O–H groups in total. The van der Waals surface area contributed by atoms with Crippen LogP contribution in [0.25, 0.3) is 22.5 Å². The van der Waals surface area contributed by atoms with Crippen LogP contribution in [0.4, 0.5) is 0 Å². The number of pyridine rings is 2. The molecule has 24 heavy (non-hydrogen) atoms. The smallest absolute Gasteiger partial charge is 0.103 e. The minimum absolute atomic E-state index is 0.0584. The summed E-state index contributed by atoms with van der Waals surface area (Å²) in [5, 5.41) is 0. The van der Waals surface area contributed by atoms with Gasteiger partial charge in [0.15, 0.2) is 0 Å². The zero-order valence-corrected chi connectivity index (χ0v) is 13.0. The fraction of sp³-hybridized carbons (Fsp3) is 0.0952. The molecule has 1 aromatic carbocycles. The third-order valence-corrected chi connectivity index (χ3v) is 4.72. The number of aliphatic imine (C=N–C) groups is 1. The van der Waals surface area contributed by atoms with Gasteiger partial charge in [-0.3, -0.25) is 9.98 Å². The molecule has 1 aliphatic carbocycles. The average Bonchev–Trinajstić information content (AvgIpc) is 2.68. The number of benzene rings is 1. The number of nitrogens with zero attached hydrogens (tertiary/aromatic N) is 3. The number of fused-ring (bicyclic) bond motifs is 6. The lowest BCUT2D eigenvalue weighted by molar-refractivity contribution is 0.616. The topological polar surface area (TPSA) is 38.1 Å². The molecule has 0 saturated carbocycles. The summed E-state index contributed by atoms with van der Waals surface area (Å²) in [7, 11) is 0. The van der Waals surface area contributed by atoms with Crippen LogP contribution in [0, 0.1) is 0 Å². The first kappa shape index (κ1) is 13.4. The van der Waals surface area contributed by atoms with Crippen molar-refractivity contribution in [2.24, 2.45) is 4.99 Å². The summed E-state index contributed by atoms with van der Waals surface area (Å²) in [4.78, 5) is 14.3. The van der Waals surface area contributed by atoms with Crippen molar-refractivity contribution in [1.82, 2.24) is 9.97 Å². The fourth-order valence-corrected chi connectivity index (χ4v) is 3.60. The molecule has 5 rings (SSSR count). The Kier molecular flexibility index (Phi) is 2.92. The quantitative estimate of drug-likeness (QED) is 0.659. The Morgan fingerprint density at radius 2 is 1.79 bits per heavy atom. The van der Waals surface area contributed by atoms with Crippen LogP contribution in [-0.2, 0) is 0 Å². The first-order valence-corrected chi connectivity index (χ1v) is 8.13. The van der Waals surface area contributed by atoms with Crippen molar-refractivity contribution in [1.29, 1.82) is 0 Å². The van der Waals surface area contributed by atoms with E-state index in [0.717, 1.165) is 28.2 Å². The lowest BCUT2D eigenvalue weighted by Crippen LogP contribution is -2.19. The molecule has 3 nitrogen and oxygen atoms in total. The fourth-order valence-electron chi connectivity index (χ4n) is 3.60. The molecule has 3 heterocycles. The van der Waals surface area contributed by atoms with Crippen LogP contribution in [0.15, 0.2) is 77.9 Å². The second-order valence-electron chi connectivity index (χ2n) is 6.09. The normalized spacial score (nSPS) is 20.2. The molecule has 114 valence electrons. The van der Waals surface area contributed by atoms with Crippen molar-refractivity contribution in [3.8, 4) is 22.5 Å². The monoisotopic (exact) mass is 309 g/mol. The summed E-state index contributed by atoms with van der Waals surface area (Å²) in [6, 6.07) is 18.7. The van der Waals surface area contributed by atoms with Crippen molar-refractivity contribution in [2.45, 2.75) is 12.0 Å². The van der Waals surface area contributed by atoms with E-state index in [1.807, 2.05) is 42.8 Å². The zero-order valence-electron chi connectivity index (χ0n) is 13.0. The summed E-state index contributed by atoms with van der Waals surface area (Å²) in [6.07, 6.45) is 7.94. The van der Waals surface area contributed by atoms with E-state index in [0.29, 0.717) is 0 Å². The van der Waals surface area contributed by atoms with Crippen LogP contribution in [0.3, 0.4) is 0 Å². The van der Waals surface area contributed by atoms with Crippen LogP contribution in [-0.4, -0.2) is 16.2 Å². The summed E-state index contributed by atoms with van der Waals surface area (Å²) in [6.45, 7) is 0. The average molecular weight is 309 g/mol. The van der Waals surface area contributed by atoms with E-state index in [2.05, 4.69) is 46.4 Å². The Bertz CT molecular complexity index is 973. The highest BCUT2D eigenvalue weighted by atomic mass is 14.9. The Morgan fingerprint density at radius 3 is 2.71 bits per heavy atom. The van der Waals surface area contributed by atoms with Gasteiger partial charge in [0.1, 0.15) is 6.04 Å². The third-order valence-electron chi connectivity index (χ3n) is 4.72. The number of hydrogen-bond donors (Lipinski definition) is 0. The van der Waals surface area contributed by atoms with E-state index in [4.69, 9.17) is 4.98 Å². The van der Waals surface area contributed by atoms with E-state index < -0.39 is 0 Å². The Balaban J connectivity index is 1.75. The number of allylic oxidation sites excluding steroid dienone is 1. The van der Waals surface area contributed by atoms with Gasteiger partial charge >= 0.3 is 0 Å². The van der Waals surface area contributed by atoms with Crippen LogP contribution >= 0.6 is 0 Å². The third kappa shape index (κ3) is 1.95. The van der Waals surface area contributed by atoms with Crippen molar-refractivity contribution >= 4 is 6.21 Å². The van der Waals surface area contributed by atoms with Crippen molar-refractivity contribution in [2.75, 3.05) is 0 Å². The maximum atomic E-state index is 4.99. The number of aromatic nitrogens is 2. The van der Waals surface area contributed by atoms with E-state index in [-0.39, 0.29) is 12.0 Å². The SMILES string of the molecule is C1=CC2c3ccc(-c4ccccc4)nc3-c3cccnc3C2N=C1. The Hall–Kier alpha value is -3.07. The summed E-state index contributed by atoms with van der Waals surface area (Å²) < 4.78 is 0. The number of dihydropyridines is 1. The van der Waals surface area contributed by atoms with Crippen molar-refractivity contribution < 1.29 is 0 Å². The summed E-state index contributed by atoms with van der Waals surface area (Å²) in [5.41, 5.74) is 6.50. The number of hydrogen-bond acceptors (Lipinski definition) is 3. The lowest BCUT2D eigenvalue weighted by atomic mass is 9.79. The molecule has 2 aliphatic rings. The highest BCUT2D eigenvalue weighted by Crippen LogP contribution is 2.47. The molecule has 0 bridgehead atoms. The lowest BCUT2D eigenvalue weighted by Gasteiger charge is -2.31. The predicted molar refractivity (Wildman–Crippen MR) is 96.0 cm³/mol. The summed E-state index contributed by atoms with van der Waals surface area (Å²) in [5.74, 6) is 0.213. The van der Waals surface area contributed by atoms with Crippen molar-refractivity contribution in [3.05, 3.63) is 84.2 Å². The van der Waals surface area contributed by atoms with Crippen LogP contribution in [0.1, 0.15) is 23.2 Å². The molecule has 2 atom stereocenters. The first-order valence-electron chi connectivity index (χ1n) is 8.13. The van der Waals surface area contributed by atoms with Gasteiger partial charge in [-0.25, -0.2) is 4.98 Å². The van der Waals surface area contributed by atoms with Crippen molar-refractivity contribution in [3.63, 3.8) is 0 Å². The molecule has 2 unspecified atom stereocenters. The maximum Gasteiger partial charge on any atom is 0.103 e. The standard InChI is InChI=1S/C21H15N3/c1-2-6-14(7-3-1)18-11-10-16-15-8-4-12-22-20(15)21-17(19(16)24-18)9-5-13-23-21/h1-13,15,20H. The van der Waals surface area contributed by atoms with Gasteiger partial charge in [-0.1, -0.05) is 42.5 Å². The molecular weight excluding hydrogens is 294 g/mol. The van der Waals surface area contributed by atoms with Gasteiger partial charge < -0.3 is 0 Å². The second kappa shape index (κ2) is 5.24. The van der Waals surface area contributed by atoms with Gasteiger partial charge in [0.05, 0.1) is 17.1 Å². The zero-order chi connectivity index (χ0) is 15.9. The Labute approximate surface area is 140 Å². The van der Waals surface area contributed by atoms with Crippen LogP contribution in [0.5, 0.6) is 0 Å². The van der Waals surface area contributed by atoms with Crippen LogP contribution in [0.2, 0.25) is 0 Å². The summed E-state index contributed by atoms with van der Waals surface area (Å²) >= 11 is 0. The van der Waals surface area contributed by atoms with Gasteiger partial charge in [0.2, 0.25) is 0 Å². The molecule has 0 radical (unpaired) electrons. The Morgan fingerprint density at radius 1 is 0.875 bits per heavy atom. The predicted octanol–water partition coefficient (Wildman–Crippen LogP) is 4.59. The van der Waals surface area contributed by atoms with E-state index >= 15 is 0 Å². The first-order chi connectivity index (χ1) is 11.9. The molecule has 0 fully saturated rings.